The number of hydrogen-bond donors (Lipinski definition) is 2. The molecule has 1 aromatic heterocycles. The zero-order chi connectivity index (χ0) is 22.9. The summed E-state index contributed by atoms with van der Waals surface area (Å²) in [7, 11) is 0. The zero-order valence-corrected chi connectivity index (χ0v) is 18.3. The highest BCUT2D eigenvalue weighted by atomic mass is 19.1. The van der Waals surface area contributed by atoms with Gasteiger partial charge in [-0.25, -0.2) is 4.39 Å². The summed E-state index contributed by atoms with van der Waals surface area (Å²) in [5, 5.41) is 5.62. The van der Waals surface area contributed by atoms with Gasteiger partial charge in [0.2, 0.25) is 11.8 Å². The fraction of sp³-hybridized carbons (Fsp3) is 0.458. The molecule has 7 nitrogen and oxygen atoms in total. The third kappa shape index (κ3) is 6.18. The predicted octanol–water partition coefficient (Wildman–Crippen LogP) is 3.58. The molecule has 0 aliphatic heterocycles. The van der Waals surface area contributed by atoms with E-state index in [0.29, 0.717) is 18.5 Å². The van der Waals surface area contributed by atoms with Gasteiger partial charge < -0.3 is 20.0 Å². The Labute approximate surface area is 187 Å². The lowest BCUT2D eigenvalue weighted by molar-refractivity contribution is -0.140. The second kappa shape index (κ2) is 11.5. The summed E-state index contributed by atoms with van der Waals surface area (Å²) in [6, 6.07) is 7.89. The van der Waals surface area contributed by atoms with Crippen molar-refractivity contribution in [3.63, 3.8) is 0 Å². The van der Waals surface area contributed by atoms with Gasteiger partial charge in [-0.1, -0.05) is 38.3 Å². The minimum Gasteiger partial charge on any atom is -0.459 e. The molecular formula is C24H30FN3O4. The van der Waals surface area contributed by atoms with Crippen LogP contribution in [-0.2, 0) is 9.59 Å². The van der Waals surface area contributed by atoms with E-state index in [4.69, 9.17) is 4.42 Å². The molecule has 3 amide bonds. The van der Waals surface area contributed by atoms with Gasteiger partial charge in [0.15, 0.2) is 5.76 Å². The molecule has 1 unspecified atom stereocenters. The maximum atomic E-state index is 13.5. The number of furan rings is 1. The van der Waals surface area contributed by atoms with E-state index in [1.165, 1.54) is 41.5 Å². The largest absolute Gasteiger partial charge is 0.459 e. The molecule has 8 heteroatoms. The Hall–Kier alpha value is -3.16. The molecule has 0 radical (unpaired) electrons. The van der Waals surface area contributed by atoms with E-state index >= 15 is 0 Å². The summed E-state index contributed by atoms with van der Waals surface area (Å²) >= 11 is 0. The van der Waals surface area contributed by atoms with Crippen LogP contribution in [0.15, 0.2) is 47.1 Å². The highest BCUT2D eigenvalue weighted by Gasteiger charge is 2.33. The first-order chi connectivity index (χ1) is 15.5. The zero-order valence-electron chi connectivity index (χ0n) is 18.3. The number of rotatable bonds is 10. The van der Waals surface area contributed by atoms with Crippen molar-refractivity contribution >= 4 is 17.7 Å². The number of carbonyl (C=O) groups excluding carboxylic acids is 3. The molecule has 1 atom stereocenters. The van der Waals surface area contributed by atoms with E-state index in [1.54, 1.807) is 6.07 Å². The first kappa shape index (κ1) is 23.5. The molecule has 0 spiro atoms. The van der Waals surface area contributed by atoms with E-state index in [2.05, 4.69) is 10.6 Å². The van der Waals surface area contributed by atoms with Crippen molar-refractivity contribution in [1.29, 1.82) is 0 Å². The van der Waals surface area contributed by atoms with Crippen LogP contribution in [0.2, 0.25) is 0 Å². The second-order valence-electron chi connectivity index (χ2n) is 8.04. The molecule has 2 N–H and O–H groups in total. The molecule has 1 aliphatic carbocycles. The normalized spacial score (nSPS) is 14.7. The molecule has 1 aliphatic rings. The molecule has 2 aromatic rings. The van der Waals surface area contributed by atoms with Gasteiger partial charge in [0.1, 0.15) is 11.9 Å². The maximum Gasteiger partial charge on any atom is 0.287 e. The van der Waals surface area contributed by atoms with E-state index in [-0.39, 0.29) is 24.3 Å². The van der Waals surface area contributed by atoms with E-state index in [0.717, 1.165) is 32.1 Å². The molecule has 1 heterocycles. The highest BCUT2D eigenvalue weighted by molar-refractivity contribution is 5.95. The molecule has 0 saturated heterocycles. The van der Waals surface area contributed by atoms with E-state index in [1.807, 2.05) is 6.92 Å². The maximum absolute atomic E-state index is 13.5. The summed E-state index contributed by atoms with van der Waals surface area (Å²) in [5.41, 5.74) is 0.531. The number of unbranched alkanes of at least 4 members (excludes halogenated alkanes) is 1. The Kier molecular flexibility index (Phi) is 8.41. The minimum atomic E-state index is -0.907. The molecule has 0 bridgehead atoms. The summed E-state index contributed by atoms with van der Waals surface area (Å²) < 4.78 is 18.6. The van der Waals surface area contributed by atoms with Crippen LogP contribution in [0.4, 0.5) is 4.39 Å². The fourth-order valence-electron chi connectivity index (χ4n) is 3.95. The Morgan fingerprint density at radius 1 is 1.16 bits per heavy atom. The molecule has 3 rings (SSSR count). The fourth-order valence-corrected chi connectivity index (χ4v) is 3.95. The van der Waals surface area contributed by atoms with E-state index < -0.39 is 23.7 Å². The molecular weight excluding hydrogens is 413 g/mol. The van der Waals surface area contributed by atoms with Gasteiger partial charge in [0, 0.05) is 12.6 Å². The number of nitrogens with one attached hydrogen (secondary N) is 2. The second-order valence-corrected chi connectivity index (χ2v) is 8.04. The lowest BCUT2D eigenvalue weighted by atomic mass is 10.0. The summed E-state index contributed by atoms with van der Waals surface area (Å²) in [4.78, 5) is 40.2. The Morgan fingerprint density at radius 2 is 1.88 bits per heavy atom. The van der Waals surface area contributed by atoms with Crippen LogP contribution >= 0.6 is 0 Å². The van der Waals surface area contributed by atoms with Gasteiger partial charge in [0.25, 0.3) is 5.91 Å². The highest BCUT2D eigenvalue weighted by Crippen LogP contribution is 2.25. The van der Waals surface area contributed by atoms with Gasteiger partial charge in [0.05, 0.1) is 12.8 Å². The monoisotopic (exact) mass is 443 g/mol. The molecule has 1 saturated carbocycles. The lowest BCUT2D eigenvalue weighted by Crippen LogP contribution is -2.49. The SMILES string of the molecule is CCCCN(C(=O)CNC(=O)c1ccco1)C(C(=O)NC1CCCC1)c1ccc(F)cc1. The van der Waals surface area contributed by atoms with Gasteiger partial charge in [-0.3, -0.25) is 14.4 Å². The van der Waals surface area contributed by atoms with Crippen molar-refractivity contribution in [2.75, 3.05) is 13.1 Å². The van der Waals surface area contributed by atoms with Gasteiger partial charge in [-0.05, 0) is 49.1 Å². The quantitative estimate of drug-likeness (QED) is 0.587. The van der Waals surface area contributed by atoms with Gasteiger partial charge in [-0.2, -0.15) is 0 Å². The van der Waals surface area contributed by atoms with Crippen molar-refractivity contribution in [3.8, 4) is 0 Å². The average Bonchev–Trinajstić information content (AvgIpc) is 3.50. The number of halogens is 1. The van der Waals surface area contributed by atoms with Crippen molar-refractivity contribution < 1.29 is 23.2 Å². The minimum absolute atomic E-state index is 0.0761. The van der Waals surface area contributed by atoms with Crippen LogP contribution in [0, 0.1) is 5.82 Å². The van der Waals surface area contributed by atoms with Crippen LogP contribution in [0.3, 0.4) is 0 Å². The molecule has 32 heavy (non-hydrogen) atoms. The standard InChI is InChI=1S/C24H30FN3O4/c1-2-3-14-28(21(29)16-26-23(30)20-9-6-15-32-20)22(17-10-12-18(25)13-11-17)24(31)27-19-7-4-5-8-19/h6,9-13,15,19,22H,2-5,7-8,14,16H2,1H3,(H,26,30)(H,27,31). The lowest BCUT2D eigenvalue weighted by Gasteiger charge is -2.32. The Bertz CT molecular complexity index is 892. The first-order valence-electron chi connectivity index (χ1n) is 11.2. The average molecular weight is 444 g/mol. The van der Waals surface area contributed by atoms with Crippen molar-refractivity contribution in [2.45, 2.75) is 57.5 Å². The first-order valence-corrected chi connectivity index (χ1v) is 11.2. The van der Waals surface area contributed by atoms with Gasteiger partial charge >= 0.3 is 0 Å². The van der Waals surface area contributed by atoms with E-state index in [9.17, 15) is 18.8 Å². The number of amides is 3. The van der Waals surface area contributed by atoms with Crippen LogP contribution in [0.1, 0.15) is 67.6 Å². The van der Waals surface area contributed by atoms with Crippen LogP contribution in [0.5, 0.6) is 0 Å². The number of carbonyl (C=O) groups is 3. The predicted molar refractivity (Wildman–Crippen MR) is 117 cm³/mol. The number of benzene rings is 1. The third-order valence-electron chi connectivity index (χ3n) is 5.67. The topological polar surface area (TPSA) is 91.7 Å². The van der Waals surface area contributed by atoms with Crippen LogP contribution < -0.4 is 10.6 Å². The molecule has 1 fully saturated rings. The van der Waals surface area contributed by atoms with Crippen LogP contribution in [-0.4, -0.2) is 41.8 Å². The summed E-state index contributed by atoms with van der Waals surface area (Å²) in [6.07, 6.45) is 6.82. The van der Waals surface area contributed by atoms with Crippen molar-refractivity contribution in [2.24, 2.45) is 0 Å². The van der Waals surface area contributed by atoms with Crippen molar-refractivity contribution in [3.05, 3.63) is 59.8 Å². The Morgan fingerprint density at radius 3 is 2.50 bits per heavy atom. The molecule has 1 aromatic carbocycles. The summed E-state index contributed by atoms with van der Waals surface area (Å²) in [6.45, 7) is 2.05. The Balaban J connectivity index is 1.81. The summed E-state index contributed by atoms with van der Waals surface area (Å²) in [5.74, 6) is -1.50. The number of hydrogen-bond acceptors (Lipinski definition) is 4. The van der Waals surface area contributed by atoms with Gasteiger partial charge in [-0.15, -0.1) is 0 Å². The smallest absolute Gasteiger partial charge is 0.287 e. The third-order valence-corrected chi connectivity index (χ3v) is 5.67. The van der Waals surface area contributed by atoms with Crippen LogP contribution in [0.25, 0.3) is 0 Å². The van der Waals surface area contributed by atoms with Crippen molar-refractivity contribution in [1.82, 2.24) is 15.5 Å². The number of nitrogens with zero attached hydrogens (tertiary/aromatic N) is 1. The molecule has 172 valence electrons.